The summed E-state index contributed by atoms with van der Waals surface area (Å²) < 4.78 is 18.9. The van der Waals surface area contributed by atoms with Gasteiger partial charge in [0.2, 0.25) is 0 Å². The molecule has 0 amide bonds. The molecule has 1 saturated heterocycles. The molecule has 2 atom stereocenters. The topological polar surface area (TPSA) is 29.5 Å². The van der Waals surface area contributed by atoms with Gasteiger partial charge in [-0.2, -0.15) is 0 Å². The van der Waals surface area contributed by atoms with E-state index in [2.05, 4.69) is 0 Å². The van der Waals surface area contributed by atoms with Gasteiger partial charge in [-0.05, 0) is 25.8 Å². The number of hydrogen-bond acceptors (Lipinski definition) is 2. The Hall–Kier alpha value is -0.930. The second-order valence-electron chi connectivity index (χ2n) is 4.45. The van der Waals surface area contributed by atoms with Crippen molar-refractivity contribution in [3.05, 3.63) is 35.1 Å². The fraction of sp³-hybridized carbons (Fsp3) is 0.538. The van der Waals surface area contributed by atoms with Crippen LogP contribution in [0.2, 0.25) is 0 Å². The largest absolute Gasteiger partial charge is 0.388 e. The minimum atomic E-state index is -0.750. The van der Waals surface area contributed by atoms with Crippen molar-refractivity contribution < 1.29 is 14.2 Å². The minimum Gasteiger partial charge on any atom is -0.388 e. The number of aryl methyl sites for hydroxylation is 1. The van der Waals surface area contributed by atoms with Gasteiger partial charge in [0, 0.05) is 18.1 Å². The summed E-state index contributed by atoms with van der Waals surface area (Å²) in [7, 11) is 0. The molecule has 0 bridgehead atoms. The molecule has 16 heavy (non-hydrogen) atoms. The number of rotatable bonds is 2. The van der Waals surface area contributed by atoms with Crippen LogP contribution in [0.3, 0.4) is 0 Å². The van der Waals surface area contributed by atoms with Crippen molar-refractivity contribution >= 4 is 0 Å². The molecule has 0 aliphatic carbocycles. The average Bonchev–Trinajstić information content (AvgIpc) is 2.32. The van der Waals surface area contributed by atoms with Crippen LogP contribution < -0.4 is 0 Å². The van der Waals surface area contributed by atoms with Crippen LogP contribution in [-0.2, 0) is 4.74 Å². The lowest BCUT2D eigenvalue weighted by Gasteiger charge is -2.27. The highest BCUT2D eigenvalue weighted by Crippen LogP contribution is 2.30. The first kappa shape index (κ1) is 11.6. The maximum atomic E-state index is 13.6. The van der Waals surface area contributed by atoms with Gasteiger partial charge in [-0.1, -0.05) is 17.7 Å². The van der Waals surface area contributed by atoms with Crippen LogP contribution in [0.1, 0.15) is 30.1 Å². The number of benzene rings is 1. The SMILES string of the molecule is Cc1ccc(F)c(C(O)C2CCCOC2)c1. The molecule has 2 unspecified atom stereocenters. The van der Waals surface area contributed by atoms with E-state index in [1.54, 1.807) is 12.1 Å². The van der Waals surface area contributed by atoms with E-state index in [0.717, 1.165) is 25.0 Å². The van der Waals surface area contributed by atoms with E-state index in [4.69, 9.17) is 4.74 Å². The molecule has 0 radical (unpaired) electrons. The Morgan fingerprint density at radius 1 is 1.50 bits per heavy atom. The van der Waals surface area contributed by atoms with Crippen molar-refractivity contribution in [2.45, 2.75) is 25.9 Å². The van der Waals surface area contributed by atoms with Crippen LogP contribution in [-0.4, -0.2) is 18.3 Å². The first-order chi connectivity index (χ1) is 7.68. The van der Waals surface area contributed by atoms with Crippen molar-refractivity contribution in [1.82, 2.24) is 0 Å². The second-order valence-corrected chi connectivity index (χ2v) is 4.45. The first-order valence-corrected chi connectivity index (χ1v) is 5.70. The zero-order valence-corrected chi connectivity index (χ0v) is 9.45. The highest BCUT2D eigenvalue weighted by atomic mass is 19.1. The Labute approximate surface area is 95.1 Å². The Kier molecular flexibility index (Phi) is 3.56. The number of aliphatic hydroxyl groups excluding tert-OH is 1. The summed E-state index contributed by atoms with van der Waals surface area (Å²) in [5, 5.41) is 10.1. The molecule has 2 nitrogen and oxygen atoms in total. The Bertz CT molecular complexity index is 359. The van der Waals surface area contributed by atoms with Gasteiger partial charge >= 0.3 is 0 Å². The molecule has 0 saturated carbocycles. The normalized spacial score (nSPS) is 23.1. The fourth-order valence-electron chi connectivity index (χ4n) is 2.16. The van der Waals surface area contributed by atoms with E-state index in [1.807, 2.05) is 6.92 Å². The molecule has 1 aliphatic rings. The number of halogens is 1. The van der Waals surface area contributed by atoms with Gasteiger partial charge in [-0.15, -0.1) is 0 Å². The van der Waals surface area contributed by atoms with Crippen LogP contribution in [0, 0.1) is 18.7 Å². The summed E-state index contributed by atoms with van der Waals surface area (Å²) in [6.07, 6.45) is 1.09. The van der Waals surface area contributed by atoms with E-state index < -0.39 is 6.10 Å². The van der Waals surface area contributed by atoms with Gasteiger partial charge in [0.05, 0.1) is 12.7 Å². The van der Waals surface area contributed by atoms with Crippen LogP contribution in [0.15, 0.2) is 18.2 Å². The van der Waals surface area contributed by atoms with Crippen LogP contribution in [0.5, 0.6) is 0 Å². The van der Waals surface area contributed by atoms with Crippen molar-refractivity contribution in [2.24, 2.45) is 5.92 Å². The molecule has 1 aromatic rings. The van der Waals surface area contributed by atoms with E-state index in [1.165, 1.54) is 6.07 Å². The lowest BCUT2D eigenvalue weighted by atomic mass is 9.90. The molecule has 3 heteroatoms. The second kappa shape index (κ2) is 4.93. The van der Waals surface area contributed by atoms with E-state index in [0.29, 0.717) is 12.2 Å². The van der Waals surface area contributed by atoms with Crippen LogP contribution in [0.4, 0.5) is 4.39 Å². The third kappa shape index (κ3) is 2.42. The molecular formula is C13H17FO2. The third-order valence-corrected chi connectivity index (χ3v) is 3.11. The summed E-state index contributed by atoms with van der Waals surface area (Å²) in [5.41, 5.74) is 1.36. The smallest absolute Gasteiger partial charge is 0.129 e. The minimum absolute atomic E-state index is 0.0186. The maximum Gasteiger partial charge on any atom is 0.129 e. The number of hydrogen-bond donors (Lipinski definition) is 1. The molecule has 0 aromatic heterocycles. The molecule has 1 heterocycles. The van der Waals surface area contributed by atoms with Gasteiger partial charge in [0.15, 0.2) is 0 Å². The molecule has 1 fully saturated rings. The summed E-state index contributed by atoms with van der Waals surface area (Å²) in [6, 6.07) is 4.84. The van der Waals surface area contributed by atoms with Gasteiger partial charge in [-0.3, -0.25) is 0 Å². The zero-order valence-electron chi connectivity index (χ0n) is 9.45. The van der Waals surface area contributed by atoms with Crippen molar-refractivity contribution in [3.8, 4) is 0 Å². The average molecular weight is 224 g/mol. The third-order valence-electron chi connectivity index (χ3n) is 3.11. The molecule has 0 spiro atoms. The maximum absolute atomic E-state index is 13.6. The zero-order chi connectivity index (χ0) is 11.5. The Balaban J connectivity index is 2.18. The van der Waals surface area contributed by atoms with Gasteiger partial charge in [0.25, 0.3) is 0 Å². The highest BCUT2D eigenvalue weighted by Gasteiger charge is 2.25. The Morgan fingerprint density at radius 2 is 2.31 bits per heavy atom. The van der Waals surface area contributed by atoms with Crippen LogP contribution >= 0.6 is 0 Å². The predicted octanol–water partition coefficient (Wildman–Crippen LogP) is 2.59. The molecule has 2 rings (SSSR count). The van der Waals surface area contributed by atoms with Crippen molar-refractivity contribution in [2.75, 3.05) is 13.2 Å². The lowest BCUT2D eigenvalue weighted by molar-refractivity contribution is -0.0112. The van der Waals surface area contributed by atoms with E-state index >= 15 is 0 Å². The van der Waals surface area contributed by atoms with Crippen molar-refractivity contribution in [1.29, 1.82) is 0 Å². The highest BCUT2D eigenvalue weighted by molar-refractivity contribution is 5.26. The predicted molar refractivity (Wildman–Crippen MR) is 59.6 cm³/mol. The van der Waals surface area contributed by atoms with E-state index in [-0.39, 0.29) is 11.7 Å². The van der Waals surface area contributed by atoms with Crippen LogP contribution in [0.25, 0.3) is 0 Å². The molecule has 88 valence electrons. The lowest BCUT2D eigenvalue weighted by Crippen LogP contribution is -2.24. The van der Waals surface area contributed by atoms with Gasteiger partial charge < -0.3 is 9.84 Å². The summed E-state index contributed by atoms with van der Waals surface area (Å²) in [4.78, 5) is 0. The van der Waals surface area contributed by atoms with E-state index in [9.17, 15) is 9.50 Å². The monoisotopic (exact) mass is 224 g/mol. The van der Waals surface area contributed by atoms with Gasteiger partial charge in [0.1, 0.15) is 5.82 Å². The first-order valence-electron chi connectivity index (χ1n) is 5.70. The number of ether oxygens (including phenoxy) is 1. The molecule has 1 N–H and O–H groups in total. The summed E-state index contributed by atoms with van der Waals surface area (Å²) in [6.45, 7) is 3.17. The van der Waals surface area contributed by atoms with Crippen molar-refractivity contribution in [3.63, 3.8) is 0 Å². The Morgan fingerprint density at radius 3 is 3.00 bits per heavy atom. The fourth-order valence-corrected chi connectivity index (χ4v) is 2.16. The summed E-state index contributed by atoms with van der Waals surface area (Å²) in [5.74, 6) is -0.311. The molecule has 1 aromatic carbocycles. The standard InChI is InChI=1S/C13H17FO2/c1-9-4-5-12(14)11(7-9)13(15)10-3-2-6-16-8-10/h4-5,7,10,13,15H,2-3,6,8H2,1H3. The van der Waals surface area contributed by atoms with Gasteiger partial charge in [-0.25, -0.2) is 4.39 Å². The quantitative estimate of drug-likeness (QED) is 0.836. The molecular weight excluding hydrogens is 207 g/mol. The summed E-state index contributed by atoms with van der Waals surface area (Å²) >= 11 is 0. The number of aliphatic hydroxyl groups is 1. The molecule has 1 aliphatic heterocycles.